The fourth-order valence-electron chi connectivity index (χ4n) is 2.65. The summed E-state index contributed by atoms with van der Waals surface area (Å²) < 4.78 is 0. The quantitative estimate of drug-likeness (QED) is 0.866. The van der Waals surface area contributed by atoms with E-state index in [2.05, 4.69) is 34.3 Å². The highest BCUT2D eigenvalue weighted by molar-refractivity contribution is 5.03. The van der Waals surface area contributed by atoms with E-state index in [0.717, 1.165) is 12.2 Å². The van der Waals surface area contributed by atoms with Crippen LogP contribution in [0, 0.1) is 0 Å². The molecule has 100 valence electrons. The number of aromatic nitrogens is 1. The molecular weight excluding hydrogens is 222 g/mol. The van der Waals surface area contributed by atoms with Gasteiger partial charge in [-0.1, -0.05) is 13.0 Å². The van der Waals surface area contributed by atoms with Gasteiger partial charge in [-0.2, -0.15) is 0 Å². The van der Waals surface area contributed by atoms with Gasteiger partial charge in [-0.3, -0.25) is 4.98 Å². The van der Waals surface area contributed by atoms with Crippen molar-refractivity contribution in [3.05, 3.63) is 30.1 Å². The lowest BCUT2D eigenvalue weighted by atomic mass is 10.1. The zero-order valence-corrected chi connectivity index (χ0v) is 11.4. The molecule has 1 unspecified atom stereocenters. The highest BCUT2D eigenvalue weighted by Crippen LogP contribution is 2.11. The monoisotopic (exact) mass is 247 g/mol. The summed E-state index contributed by atoms with van der Waals surface area (Å²) in [4.78, 5) is 6.96. The number of hydrogen-bond donors (Lipinski definition) is 1. The van der Waals surface area contributed by atoms with E-state index in [4.69, 9.17) is 0 Å². The molecule has 1 atom stereocenters. The maximum Gasteiger partial charge on any atom is 0.0541 e. The van der Waals surface area contributed by atoms with Crippen molar-refractivity contribution in [2.75, 3.05) is 19.6 Å². The fraction of sp³-hybridized carbons (Fsp3) is 0.667. The van der Waals surface area contributed by atoms with Crippen molar-refractivity contribution < 1.29 is 0 Å². The van der Waals surface area contributed by atoms with Crippen molar-refractivity contribution >= 4 is 0 Å². The van der Waals surface area contributed by atoms with E-state index < -0.39 is 0 Å². The predicted molar refractivity (Wildman–Crippen MR) is 75.4 cm³/mol. The van der Waals surface area contributed by atoms with E-state index in [0.29, 0.717) is 6.04 Å². The van der Waals surface area contributed by atoms with Crippen LogP contribution in [0.15, 0.2) is 24.4 Å². The Morgan fingerprint density at radius 1 is 1.33 bits per heavy atom. The molecule has 1 aliphatic rings. The van der Waals surface area contributed by atoms with Gasteiger partial charge in [0, 0.05) is 18.8 Å². The lowest BCUT2D eigenvalue weighted by molar-refractivity contribution is 0.282. The molecule has 2 heterocycles. The van der Waals surface area contributed by atoms with Crippen LogP contribution in [0.3, 0.4) is 0 Å². The molecule has 0 bridgehead atoms. The summed E-state index contributed by atoms with van der Waals surface area (Å²) in [5.41, 5.74) is 1.15. The average molecular weight is 247 g/mol. The normalized spacial score (nSPS) is 21.7. The predicted octanol–water partition coefficient (Wildman–Crippen LogP) is 2.44. The van der Waals surface area contributed by atoms with E-state index in [1.165, 1.54) is 45.3 Å². The van der Waals surface area contributed by atoms with Crippen LogP contribution in [0.2, 0.25) is 0 Å². The van der Waals surface area contributed by atoms with Crippen LogP contribution >= 0.6 is 0 Å². The second kappa shape index (κ2) is 7.49. The Balaban J connectivity index is 1.73. The minimum absolute atomic E-state index is 0.661. The molecule has 1 aliphatic heterocycles. The van der Waals surface area contributed by atoms with Crippen molar-refractivity contribution in [1.82, 2.24) is 15.2 Å². The molecule has 3 nitrogen and oxygen atoms in total. The molecule has 1 aromatic rings. The molecule has 0 amide bonds. The van der Waals surface area contributed by atoms with Gasteiger partial charge in [0.05, 0.1) is 5.69 Å². The second-order valence-electron chi connectivity index (χ2n) is 5.17. The first kappa shape index (κ1) is 13.5. The summed E-state index contributed by atoms with van der Waals surface area (Å²) in [6.07, 6.45) is 7.03. The van der Waals surface area contributed by atoms with E-state index >= 15 is 0 Å². The van der Waals surface area contributed by atoms with Crippen LogP contribution in [-0.4, -0.2) is 35.6 Å². The Morgan fingerprint density at radius 3 is 3.06 bits per heavy atom. The first-order valence-corrected chi connectivity index (χ1v) is 7.24. The van der Waals surface area contributed by atoms with E-state index in [9.17, 15) is 0 Å². The van der Waals surface area contributed by atoms with Gasteiger partial charge < -0.3 is 10.2 Å². The molecule has 0 aliphatic carbocycles. The maximum atomic E-state index is 4.36. The van der Waals surface area contributed by atoms with Gasteiger partial charge in [0.25, 0.3) is 0 Å². The molecule has 18 heavy (non-hydrogen) atoms. The maximum absolute atomic E-state index is 4.36. The van der Waals surface area contributed by atoms with E-state index in [1.807, 2.05) is 12.3 Å². The fourth-order valence-corrected chi connectivity index (χ4v) is 2.65. The topological polar surface area (TPSA) is 28.2 Å². The molecule has 2 rings (SSSR count). The zero-order valence-electron chi connectivity index (χ0n) is 11.4. The Labute approximate surface area is 111 Å². The Bertz CT molecular complexity index is 326. The van der Waals surface area contributed by atoms with Crippen LogP contribution < -0.4 is 5.32 Å². The smallest absolute Gasteiger partial charge is 0.0541 e. The molecule has 0 saturated carbocycles. The Morgan fingerprint density at radius 2 is 2.28 bits per heavy atom. The molecule has 0 aromatic carbocycles. The van der Waals surface area contributed by atoms with Crippen molar-refractivity contribution in [2.45, 2.75) is 45.2 Å². The first-order chi connectivity index (χ1) is 8.88. The van der Waals surface area contributed by atoms with Crippen LogP contribution in [0.5, 0.6) is 0 Å². The third kappa shape index (κ3) is 4.39. The van der Waals surface area contributed by atoms with E-state index in [-0.39, 0.29) is 0 Å². The minimum atomic E-state index is 0.661. The molecular formula is C15H25N3. The van der Waals surface area contributed by atoms with Crippen molar-refractivity contribution in [1.29, 1.82) is 0 Å². The van der Waals surface area contributed by atoms with Crippen LogP contribution in [-0.2, 0) is 6.54 Å². The largest absolute Gasteiger partial charge is 0.308 e. The van der Waals surface area contributed by atoms with Gasteiger partial charge in [-0.15, -0.1) is 0 Å². The number of pyridine rings is 1. The zero-order chi connectivity index (χ0) is 12.6. The van der Waals surface area contributed by atoms with Crippen molar-refractivity contribution in [3.8, 4) is 0 Å². The molecule has 1 N–H and O–H groups in total. The van der Waals surface area contributed by atoms with Gasteiger partial charge >= 0.3 is 0 Å². The summed E-state index contributed by atoms with van der Waals surface area (Å²) in [6.45, 7) is 6.94. The third-order valence-corrected chi connectivity index (χ3v) is 3.66. The Hall–Kier alpha value is -0.930. The van der Waals surface area contributed by atoms with Gasteiger partial charge in [0.1, 0.15) is 0 Å². The first-order valence-electron chi connectivity index (χ1n) is 7.24. The molecule has 0 spiro atoms. The van der Waals surface area contributed by atoms with Crippen LogP contribution in [0.4, 0.5) is 0 Å². The standard InChI is InChI=1S/C15H25N3/c1-2-10-18-11-5-7-14(8-12-18)17-13-15-6-3-4-9-16-15/h3-4,6,9,14,17H,2,5,7-8,10-13H2,1H3. The minimum Gasteiger partial charge on any atom is -0.308 e. The Kier molecular flexibility index (Phi) is 5.62. The summed E-state index contributed by atoms with van der Waals surface area (Å²) in [7, 11) is 0. The number of nitrogens with zero attached hydrogens (tertiary/aromatic N) is 2. The summed E-state index contributed by atoms with van der Waals surface area (Å²) in [5.74, 6) is 0. The van der Waals surface area contributed by atoms with Gasteiger partial charge in [-0.25, -0.2) is 0 Å². The van der Waals surface area contributed by atoms with Crippen molar-refractivity contribution in [2.24, 2.45) is 0 Å². The van der Waals surface area contributed by atoms with E-state index in [1.54, 1.807) is 0 Å². The number of likely N-dealkylation sites (tertiary alicyclic amines) is 1. The highest BCUT2D eigenvalue weighted by atomic mass is 15.1. The van der Waals surface area contributed by atoms with Crippen molar-refractivity contribution in [3.63, 3.8) is 0 Å². The van der Waals surface area contributed by atoms with Gasteiger partial charge in [-0.05, 0) is 57.5 Å². The summed E-state index contributed by atoms with van der Waals surface area (Å²) >= 11 is 0. The number of hydrogen-bond acceptors (Lipinski definition) is 3. The molecule has 1 aromatic heterocycles. The van der Waals surface area contributed by atoms with Gasteiger partial charge in [0.2, 0.25) is 0 Å². The number of rotatable bonds is 5. The second-order valence-corrected chi connectivity index (χ2v) is 5.17. The highest BCUT2D eigenvalue weighted by Gasteiger charge is 2.15. The lowest BCUT2D eigenvalue weighted by Crippen LogP contribution is -2.31. The molecule has 1 saturated heterocycles. The van der Waals surface area contributed by atoms with Crippen LogP contribution in [0.25, 0.3) is 0 Å². The van der Waals surface area contributed by atoms with Gasteiger partial charge in [0.15, 0.2) is 0 Å². The third-order valence-electron chi connectivity index (χ3n) is 3.66. The molecule has 3 heteroatoms. The average Bonchev–Trinajstić information content (AvgIpc) is 2.64. The summed E-state index contributed by atoms with van der Waals surface area (Å²) in [6, 6.07) is 6.78. The SMILES string of the molecule is CCCN1CCCC(NCc2ccccn2)CC1. The molecule has 0 radical (unpaired) electrons. The lowest BCUT2D eigenvalue weighted by Gasteiger charge is -2.19. The molecule has 1 fully saturated rings. The number of nitrogens with one attached hydrogen (secondary N) is 1. The summed E-state index contributed by atoms with van der Waals surface area (Å²) in [5, 5.41) is 3.65. The van der Waals surface area contributed by atoms with Crippen LogP contribution in [0.1, 0.15) is 38.3 Å².